The van der Waals surface area contributed by atoms with Crippen molar-refractivity contribution in [3.05, 3.63) is 113 Å². The summed E-state index contributed by atoms with van der Waals surface area (Å²) < 4.78 is 24.8. The number of halogens is 1. The minimum atomic E-state index is -0.801. The lowest BCUT2D eigenvalue weighted by Gasteiger charge is -2.26. The van der Waals surface area contributed by atoms with E-state index in [1.165, 1.54) is 11.3 Å². The molecule has 1 aromatic heterocycles. The summed E-state index contributed by atoms with van der Waals surface area (Å²) in [5.74, 6) is 1.30. The van der Waals surface area contributed by atoms with Gasteiger partial charge in [-0.3, -0.25) is 9.36 Å². The lowest BCUT2D eigenvalue weighted by atomic mass is 9.93. The number of carbonyl (C=O) groups excluding carboxylic acids is 1. The van der Waals surface area contributed by atoms with Gasteiger partial charge in [-0.25, -0.2) is 9.79 Å². The van der Waals surface area contributed by atoms with Crippen LogP contribution >= 0.6 is 27.3 Å². The van der Waals surface area contributed by atoms with Gasteiger partial charge in [-0.1, -0.05) is 53.8 Å². The van der Waals surface area contributed by atoms with E-state index in [1.54, 1.807) is 36.8 Å². The molecule has 10 heteroatoms. The minimum absolute atomic E-state index is 0.106. The Balaban J connectivity index is 1.62. The van der Waals surface area contributed by atoms with Crippen LogP contribution in [0.25, 0.3) is 11.8 Å². The minimum Gasteiger partial charge on any atom is -0.496 e. The van der Waals surface area contributed by atoms with E-state index in [0.717, 1.165) is 15.6 Å². The number of fused-ring (bicyclic) bond motifs is 2. The molecule has 0 radical (unpaired) electrons. The molecule has 4 aromatic rings. The summed E-state index contributed by atoms with van der Waals surface area (Å²) in [6.45, 7) is 2.03. The van der Waals surface area contributed by atoms with E-state index in [4.69, 9.17) is 23.9 Å². The third-order valence-corrected chi connectivity index (χ3v) is 8.16. The number of methoxy groups -OCH3 is 1. The molecule has 0 N–H and O–H groups in total. The number of carbonyl (C=O) groups is 1. The molecule has 2 aliphatic heterocycles. The summed E-state index contributed by atoms with van der Waals surface area (Å²) >= 11 is 4.77. The molecule has 0 fully saturated rings. The van der Waals surface area contributed by atoms with E-state index in [1.807, 2.05) is 54.6 Å². The third-order valence-electron chi connectivity index (χ3n) is 6.56. The smallest absolute Gasteiger partial charge is 0.338 e. The molecule has 0 unspecified atom stereocenters. The quantitative estimate of drug-likeness (QED) is 0.297. The second-order valence-electron chi connectivity index (χ2n) is 8.94. The van der Waals surface area contributed by atoms with E-state index < -0.39 is 12.0 Å². The first kappa shape index (κ1) is 26.1. The van der Waals surface area contributed by atoms with E-state index in [0.29, 0.717) is 37.8 Å². The van der Waals surface area contributed by atoms with Gasteiger partial charge in [0.25, 0.3) is 5.56 Å². The fourth-order valence-corrected chi connectivity index (χ4v) is 6.32. The van der Waals surface area contributed by atoms with Gasteiger partial charge in [0, 0.05) is 5.56 Å². The molecule has 2 aliphatic rings. The Hall–Kier alpha value is -4.15. The van der Waals surface area contributed by atoms with Crippen molar-refractivity contribution in [2.45, 2.75) is 13.0 Å². The zero-order valence-electron chi connectivity index (χ0n) is 21.5. The standard InChI is InChI=1S/C30H23BrN2O6S/c1-3-37-29(35)25-26(18-7-5-4-6-8-18)32-30-33(27(25)19-10-12-22-23(15-19)39-16-38-22)28(34)24(40-30)14-17-9-11-21(36-2)20(31)13-17/h4-15,27H,3,16H2,1-2H3/t27-/m1/s1. The van der Waals surface area contributed by atoms with Crippen LogP contribution in [0.15, 0.2) is 86.6 Å². The fraction of sp³-hybridized carbons (Fsp3) is 0.167. The highest BCUT2D eigenvalue weighted by atomic mass is 79.9. The van der Waals surface area contributed by atoms with Crippen LogP contribution in [-0.2, 0) is 9.53 Å². The average molecular weight is 619 g/mol. The van der Waals surface area contributed by atoms with Crippen molar-refractivity contribution in [2.24, 2.45) is 4.99 Å². The first-order valence-corrected chi connectivity index (χ1v) is 14.1. The van der Waals surface area contributed by atoms with E-state index >= 15 is 0 Å². The Morgan fingerprint density at radius 2 is 1.93 bits per heavy atom. The van der Waals surface area contributed by atoms with Crippen LogP contribution in [-0.4, -0.2) is 31.0 Å². The van der Waals surface area contributed by atoms with Gasteiger partial charge in [-0.2, -0.15) is 0 Å². The van der Waals surface area contributed by atoms with Crippen molar-refractivity contribution < 1.29 is 23.7 Å². The average Bonchev–Trinajstić information content (AvgIpc) is 3.56. The van der Waals surface area contributed by atoms with Crippen LogP contribution in [0.2, 0.25) is 0 Å². The number of rotatable bonds is 6. The number of esters is 1. The topological polar surface area (TPSA) is 88.4 Å². The number of hydrogen-bond acceptors (Lipinski definition) is 8. The Morgan fingerprint density at radius 3 is 2.67 bits per heavy atom. The van der Waals surface area contributed by atoms with Gasteiger partial charge in [0.1, 0.15) is 5.75 Å². The van der Waals surface area contributed by atoms with Gasteiger partial charge in [-0.05, 0) is 64.3 Å². The predicted octanol–water partition coefficient (Wildman–Crippen LogP) is 4.44. The molecule has 3 heterocycles. The van der Waals surface area contributed by atoms with Crippen molar-refractivity contribution in [2.75, 3.05) is 20.5 Å². The molecule has 40 heavy (non-hydrogen) atoms. The molecule has 202 valence electrons. The van der Waals surface area contributed by atoms with Crippen molar-refractivity contribution in [3.8, 4) is 17.2 Å². The van der Waals surface area contributed by atoms with Gasteiger partial charge in [0.2, 0.25) is 6.79 Å². The summed E-state index contributed by atoms with van der Waals surface area (Å²) in [5.41, 5.74) is 2.70. The highest BCUT2D eigenvalue weighted by Crippen LogP contribution is 2.40. The van der Waals surface area contributed by atoms with Gasteiger partial charge in [0.05, 0.1) is 40.0 Å². The molecule has 3 aromatic carbocycles. The fourth-order valence-electron chi connectivity index (χ4n) is 4.76. The zero-order chi connectivity index (χ0) is 27.8. The van der Waals surface area contributed by atoms with Crippen molar-refractivity contribution in [1.82, 2.24) is 4.57 Å². The SMILES string of the molecule is CCOC(=O)C1=C(c2ccccc2)N=c2sc(=Cc3ccc(OC)c(Br)c3)c(=O)n2[C@@H]1c1ccc2c(c1)OCO2. The van der Waals surface area contributed by atoms with Crippen molar-refractivity contribution in [3.63, 3.8) is 0 Å². The number of benzene rings is 3. The number of hydrogen-bond donors (Lipinski definition) is 0. The summed E-state index contributed by atoms with van der Waals surface area (Å²) in [7, 11) is 1.60. The maximum Gasteiger partial charge on any atom is 0.338 e. The van der Waals surface area contributed by atoms with Gasteiger partial charge in [-0.15, -0.1) is 0 Å². The molecule has 0 aliphatic carbocycles. The maximum atomic E-state index is 14.0. The molecule has 0 saturated carbocycles. The van der Waals surface area contributed by atoms with Gasteiger partial charge >= 0.3 is 5.97 Å². The number of thiazole rings is 1. The van der Waals surface area contributed by atoms with Crippen LogP contribution < -0.4 is 29.1 Å². The van der Waals surface area contributed by atoms with Gasteiger partial charge in [0.15, 0.2) is 16.3 Å². The van der Waals surface area contributed by atoms with Gasteiger partial charge < -0.3 is 18.9 Å². The number of ether oxygens (including phenoxy) is 4. The maximum absolute atomic E-state index is 14.0. The molecular formula is C30H23BrN2O6S. The second-order valence-corrected chi connectivity index (χ2v) is 10.8. The van der Waals surface area contributed by atoms with E-state index in [-0.39, 0.29) is 24.5 Å². The third kappa shape index (κ3) is 4.63. The second kappa shape index (κ2) is 10.8. The molecule has 0 amide bonds. The van der Waals surface area contributed by atoms with Crippen molar-refractivity contribution >= 4 is 45.0 Å². The highest BCUT2D eigenvalue weighted by Gasteiger charge is 2.36. The largest absolute Gasteiger partial charge is 0.496 e. The van der Waals surface area contributed by atoms with E-state index in [2.05, 4.69) is 15.9 Å². The lowest BCUT2D eigenvalue weighted by molar-refractivity contribution is -0.138. The Bertz CT molecular complexity index is 1840. The van der Waals surface area contributed by atoms with Crippen LogP contribution in [0, 0.1) is 0 Å². The monoisotopic (exact) mass is 618 g/mol. The number of aromatic nitrogens is 1. The van der Waals surface area contributed by atoms with Crippen LogP contribution in [0.1, 0.15) is 29.7 Å². The first-order chi connectivity index (χ1) is 19.5. The summed E-state index contributed by atoms with van der Waals surface area (Å²) in [5, 5.41) is 0. The molecular weight excluding hydrogens is 596 g/mol. The van der Waals surface area contributed by atoms with Crippen LogP contribution in [0.3, 0.4) is 0 Å². The summed E-state index contributed by atoms with van der Waals surface area (Å²) in [6, 6.07) is 19.6. The number of nitrogens with zero attached hydrogens (tertiary/aromatic N) is 2. The first-order valence-electron chi connectivity index (χ1n) is 12.5. The van der Waals surface area contributed by atoms with E-state index in [9.17, 15) is 9.59 Å². The Labute approximate surface area is 241 Å². The zero-order valence-corrected chi connectivity index (χ0v) is 24.0. The Morgan fingerprint density at radius 1 is 1.12 bits per heavy atom. The highest BCUT2D eigenvalue weighted by molar-refractivity contribution is 9.10. The summed E-state index contributed by atoms with van der Waals surface area (Å²) in [4.78, 5) is 33.0. The predicted molar refractivity (Wildman–Crippen MR) is 154 cm³/mol. The molecule has 0 spiro atoms. The van der Waals surface area contributed by atoms with Crippen molar-refractivity contribution in [1.29, 1.82) is 0 Å². The molecule has 1 atom stereocenters. The normalized spacial score (nSPS) is 16.0. The van der Waals surface area contributed by atoms with Crippen LogP contribution in [0.5, 0.6) is 17.2 Å². The molecule has 8 nitrogen and oxygen atoms in total. The van der Waals surface area contributed by atoms with Crippen LogP contribution in [0.4, 0.5) is 0 Å². The summed E-state index contributed by atoms with van der Waals surface area (Å²) in [6.07, 6.45) is 1.81. The molecule has 6 rings (SSSR count). The molecule has 0 bridgehead atoms. The molecule has 0 saturated heterocycles. The lowest BCUT2D eigenvalue weighted by Crippen LogP contribution is -2.40. The Kier molecular flexibility index (Phi) is 7.03.